The Morgan fingerprint density at radius 2 is 2.05 bits per heavy atom. The second-order valence-corrected chi connectivity index (χ2v) is 8.70. The van der Waals surface area contributed by atoms with Gasteiger partial charge in [0.05, 0.1) is 3.79 Å². The summed E-state index contributed by atoms with van der Waals surface area (Å²) in [4.78, 5) is 1.39. The molecule has 1 nitrogen and oxygen atoms in total. The van der Waals surface area contributed by atoms with Gasteiger partial charge in [-0.25, -0.2) is 0 Å². The second kappa shape index (κ2) is 5.63. The molecule has 0 spiro atoms. The summed E-state index contributed by atoms with van der Waals surface area (Å²) in [6, 6.07) is 13.7. The molecule has 0 radical (unpaired) electrons. The normalized spacial score (nSPS) is 20.6. The van der Waals surface area contributed by atoms with E-state index in [0.29, 0.717) is 11.5 Å². The molecule has 0 bridgehead atoms. The zero-order chi connectivity index (χ0) is 14.2. The molecule has 1 unspecified atom stereocenters. The summed E-state index contributed by atoms with van der Waals surface area (Å²) in [7, 11) is 0. The van der Waals surface area contributed by atoms with E-state index in [1.54, 1.807) is 0 Å². The van der Waals surface area contributed by atoms with Crippen LogP contribution < -0.4 is 5.32 Å². The van der Waals surface area contributed by atoms with E-state index in [9.17, 15) is 0 Å². The van der Waals surface area contributed by atoms with E-state index in [1.807, 2.05) is 11.3 Å². The maximum atomic E-state index is 3.73. The summed E-state index contributed by atoms with van der Waals surface area (Å²) in [5.74, 6) is 0. The number of halogens is 1. The fourth-order valence-electron chi connectivity index (χ4n) is 3.10. The average Bonchev–Trinajstić information content (AvgIpc) is 2.84. The Morgan fingerprint density at radius 3 is 2.80 bits per heavy atom. The van der Waals surface area contributed by atoms with Gasteiger partial charge in [0.25, 0.3) is 0 Å². The monoisotopic (exact) mass is 349 g/mol. The topological polar surface area (TPSA) is 12.0 Å². The van der Waals surface area contributed by atoms with Crippen LogP contribution in [0.25, 0.3) is 0 Å². The van der Waals surface area contributed by atoms with Crippen LogP contribution in [0.1, 0.15) is 48.7 Å². The summed E-state index contributed by atoms with van der Waals surface area (Å²) in [6.45, 7) is 5.67. The van der Waals surface area contributed by atoms with E-state index < -0.39 is 0 Å². The first-order chi connectivity index (χ1) is 9.56. The van der Waals surface area contributed by atoms with Crippen molar-refractivity contribution in [3.8, 4) is 0 Å². The van der Waals surface area contributed by atoms with E-state index >= 15 is 0 Å². The van der Waals surface area contributed by atoms with Gasteiger partial charge in [-0.1, -0.05) is 38.1 Å². The highest BCUT2D eigenvalue weighted by atomic mass is 79.9. The molecule has 3 heteroatoms. The van der Waals surface area contributed by atoms with Crippen LogP contribution in [0.4, 0.5) is 0 Å². The maximum Gasteiger partial charge on any atom is 0.0701 e. The Labute approximate surface area is 133 Å². The Morgan fingerprint density at radius 1 is 1.25 bits per heavy atom. The van der Waals surface area contributed by atoms with Crippen LogP contribution in [-0.4, -0.2) is 0 Å². The second-order valence-electron chi connectivity index (χ2n) is 6.15. The summed E-state index contributed by atoms with van der Waals surface area (Å²) >= 11 is 5.34. The third-order valence-corrected chi connectivity index (χ3v) is 5.90. The number of thiophene rings is 1. The summed E-state index contributed by atoms with van der Waals surface area (Å²) in [6.07, 6.45) is 2.46. The molecule has 1 heterocycles. The van der Waals surface area contributed by atoms with Crippen molar-refractivity contribution in [3.05, 3.63) is 56.2 Å². The molecule has 0 fully saturated rings. The van der Waals surface area contributed by atoms with Crippen molar-refractivity contribution in [2.75, 3.05) is 0 Å². The van der Waals surface area contributed by atoms with Gasteiger partial charge in [-0.3, -0.25) is 0 Å². The first-order valence-corrected chi connectivity index (χ1v) is 8.74. The van der Waals surface area contributed by atoms with E-state index in [2.05, 4.69) is 71.5 Å². The molecular weight excluding hydrogens is 330 g/mol. The van der Waals surface area contributed by atoms with Crippen molar-refractivity contribution < 1.29 is 0 Å². The first kappa shape index (κ1) is 14.3. The summed E-state index contributed by atoms with van der Waals surface area (Å²) < 4.78 is 1.21. The van der Waals surface area contributed by atoms with Crippen molar-refractivity contribution in [1.82, 2.24) is 5.32 Å². The molecule has 0 saturated carbocycles. The predicted octanol–water partition coefficient (Wildman–Crippen LogP) is 5.41. The lowest BCUT2D eigenvalue weighted by atomic mass is 9.71. The summed E-state index contributed by atoms with van der Waals surface area (Å²) in [5, 5.41) is 3.73. The molecule has 1 atom stereocenters. The molecular formula is C17H20BrNS. The third kappa shape index (κ3) is 2.85. The molecule has 1 aromatic heterocycles. The van der Waals surface area contributed by atoms with Crippen LogP contribution in [0.15, 0.2) is 40.2 Å². The number of hydrogen-bond donors (Lipinski definition) is 1. The minimum atomic E-state index is 0.306. The third-order valence-electron chi connectivity index (χ3n) is 4.27. The Balaban J connectivity index is 1.78. The fraction of sp³-hybridized carbons (Fsp3) is 0.412. The van der Waals surface area contributed by atoms with Gasteiger partial charge in [0, 0.05) is 17.5 Å². The van der Waals surface area contributed by atoms with Crippen molar-refractivity contribution in [3.63, 3.8) is 0 Å². The van der Waals surface area contributed by atoms with Gasteiger partial charge in [-0.15, -0.1) is 11.3 Å². The van der Waals surface area contributed by atoms with Gasteiger partial charge in [0.15, 0.2) is 0 Å². The van der Waals surface area contributed by atoms with Crippen molar-refractivity contribution in [2.45, 2.75) is 44.7 Å². The van der Waals surface area contributed by atoms with E-state index in [-0.39, 0.29) is 0 Å². The molecule has 0 aliphatic heterocycles. The van der Waals surface area contributed by atoms with E-state index in [1.165, 1.54) is 32.6 Å². The van der Waals surface area contributed by atoms with E-state index in [4.69, 9.17) is 0 Å². The fourth-order valence-corrected chi connectivity index (χ4v) is 4.53. The van der Waals surface area contributed by atoms with Crippen LogP contribution in [0, 0.1) is 0 Å². The smallest absolute Gasteiger partial charge is 0.0701 e. The van der Waals surface area contributed by atoms with Gasteiger partial charge in [0.1, 0.15) is 0 Å². The molecule has 1 aliphatic carbocycles. The van der Waals surface area contributed by atoms with Crippen LogP contribution in [-0.2, 0) is 12.0 Å². The predicted molar refractivity (Wildman–Crippen MR) is 90.3 cm³/mol. The molecule has 2 aromatic rings. The first-order valence-electron chi connectivity index (χ1n) is 7.13. The molecule has 1 aromatic carbocycles. The van der Waals surface area contributed by atoms with Crippen LogP contribution >= 0.6 is 27.3 Å². The van der Waals surface area contributed by atoms with E-state index in [0.717, 1.165) is 6.54 Å². The number of nitrogens with one attached hydrogen (secondary N) is 1. The molecule has 20 heavy (non-hydrogen) atoms. The van der Waals surface area contributed by atoms with Gasteiger partial charge >= 0.3 is 0 Å². The average molecular weight is 350 g/mol. The standard InChI is InChI=1S/C17H20BrNS/c1-17(2)10-9-15(13-5-3-4-6-14(13)17)19-11-12-7-8-16(18)20-12/h3-8,15,19H,9-11H2,1-2H3. The van der Waals surface area contributed by atoms with Gasteiger partial charge in [0.2, 0.25) is 0 Å². The van der Waals surface area contributed by atoms with Crippen LogP contribution in [0.3, 0.4) is 0 Å². The van der Waals surface area contributed by atoms with Crippen molar-refractivity contribution >= 4 is 27.3 Å². The van der Waals surface area contributed by atoms with Gasteiger partial charge in [-0.2, -0.15) is 0 Å². The Bertz CT molecular complexity index is 603. The molecule has 1 aliphatic rings. The zero-order valence-electron chi connectivity index (χ0n) is 11.9. The van der Waals surface area contributed by atoms with Crippen molar-refractivity contribution in [1.29, 1.82) is 0 Å². The Kier molecular flexibility index (Phi) is 4.02. The van der Waals surface area contributed by atoms with Gasteiger partial charge < -0.3 is 5.32 Å². The molecule has 3 rings (SSSR count). The highest BCUT2D eigenvalue weighted by molar-refractivity contribution is 9.11. The SMILES string of the molecule is CC1(C)CCC(NCc2ccc(Br)s2)c2ccccc21. The number of hydrogen-bond acceptors (Lipinski definition) is 2. The van der Waals surface area contributed by atoms with Gasteiger partial charge in [-0.05, 0) is 57.4 Å². The minimum Gasteiger partial charge on any atom is -0.305 e. The largest absolute Gasteiger partial charge is 0.305 e. The van der Waals surface area contributed by atoms with Crippen LogP contribution in [0.5, 0.6) is 0 Å². The van der Waals surface area contributed by atoms with Crippen molar-refractivity contribution in [2.24, 2.45) is 0 Å². The zero-order valence-corrected chi connectivity index (χ0v) is 14.4. The molecule has 1 N–H and O–H groups in total. The minimum absolute atomic E-state index is 0.306. The highest BCUT2D eigenvalue weighted by Gasteiger charge is 2.31. The number of fused-ring (bicyclic) bond motifs is 1. The maximum absolute atomic E-state index is 3.73. The van der Waals surface area contributed by atoms with Crippen LogP contribution in [0.2, 0.25) is 0 Å². The lowest BCUT2D eigenvalue weighted by Gasteiger charge is -2.37. The summed E-state index contributed by atoms with van der Waals surface area (Å²) in [5.41, 5.74) is 3.30. The molecule has 0 amide bonds. The molecule has 106 valence electrons. The Hall–Kier alpha value is -0.640. The molecule has 0 saturated heterocycles. The number of rotatable bonds is 3. The number of benzene rings is 1. The lowest BCUT2D eigenvalue weighted by Crippen LogP contribution is -2.32. The quantitative estimate of drug-likeness (QED) is 0.780. The lowest BCUT2D eigenvalue weighted by molar-refractivity contribution is 0.358. The highest BCUT2D eigenvalue weighted by Crippen LogP contribution is 2.41.